The van der Waals surface area contributed by atoms with Gasteiger partial charge in [0.1, 0.15) is 5.75 Å². The number of pyridine rings is 1. The summed E-state index contributed by atoms with van der Waals surface area (Å²) in [6, 6.07) is 7.11. The number of aromatic hydroxyl groups is 1. The molecule has 0 fully saturated rings. The van der Waals surface area contributed by atoms with Gasteiger partial charge in [-0.25, -0.2) is 0 Å². The highest BCUT2D eigenvalue weighted by atomic mass is 16.3. The maximum atomic E-state index is 9.27. The van der Waals surface area contributed by atoms with Crippen LogP contribution >= 0.6 is 0 Å². The van der Waals surface area contributed by atoms with Gasteiger partial charge in [-0.2, -0.15) is 0 Å². The summed E-state index contributed by atoms with van der Waals surface area (Å²) in [6.07, 6.45) is 0.604. The van der Waals surface area contributed by atoms with E-state index >= 15 is 0 Å². The fourth-order valence-electron chi connectivity index (χ4n) is 1.52. The predicted molar refractivity (Wildman–Crippen MR) is 65.0 cm³/mol. The van der Waals surface area contributed by atoms with Crippen LogP contribution in [0, 0.1) is 0 Å². The minimum Gasteiger partial charge on any atom is -0.506 e. The van der Waals surface area contributed by atoms with Crippen molar-refractivity contribution in [2.45, 2.75) is 6.10 Å². The van der Waals surface area contributed by atoms with E-state index in [1.807, 2.05) is 18.2 Å². The number of nitrogens with zero attached hydrogens (tertiary/aromatic N) is 1. The molecule has 5 nitrogen and oxygen atoms in total. The van der Waals surface area contributed by atoms with Gasteiger partial charge in [0.25, 0.3) is 0 Å². The molecule has 90 valence electrons. The van der Waals surface area contributed by atoms with Crippen LogP contribution in [0.5, 0.6) is 5.75 Å². The molecule has 1 aromatic heterocycles. The zero-order valence-corrected chi connectivity index (χ0v) is 9.17. The van der Waals surface area contributed by atoms with E-state index in [0.717, 1.165) is 16.6 Å². The lowest BCUT2D eigenvalue weighted by atomic mass is 10.2. The van der Waals surface area contributed by atoms with Crippen LogP contribution in [0.15, 0.2) is 30.5 Å². The molecule has 0 aliphatic carbocycles. The van der Waals surface area contributed by atoms with Gasteiger partial charge >= 0.3 is 0 Å². The first kappa shape index (κ1) is 11.6. The second kappa shape index (κ2) is 4.99. The molecular weight excluding hydrogens is 220 g/mol. The third kappa shape index (κ3) is 2.83. The average molecular weight is 234 g/mol. The summed E-state index contributed by atoms with van der Waals surface area (Å²) in [6.45, 7) is 0.00674. The van der Waals surface area contributed by atoms with Gasteiger partial charge in [-0.15, -0.1) is 0 Å². The molecule has 2 aromatic rings. The first-order valence-electron chi connectivity index (χ1n) is 5.30. The second-order valence-corrected chi connectivity index (χ2v) is 3.82. The van der Waals surface area contributed by atoms with Crippen LogP contribution in [0.2, 0.25) is 0 Å². The van der Waals surface area contributed by atoms with Gasteiger partial charge in [-0.1, -0.05) is 6.07 Å². The van der Waals surface area contributed by atoms with Crippen LogP contribution in [0.25, 0.3) is 10.9 Å². The number of aliphatic hydroxyl groups is 2. The Labute approximate surface area is 98.4 Å². The molecule has 0 saturated carbocycles. The molecule has 1 heterocycles. The van der Waals surface area contributed by atoms with E-state index < -0.39 is 6.10 Å². The molecule has 0 aliphatic heterocycles. The smallest absolute Gasteiger partial charge is 0.134 e. The van der Waals surface area contributed by atoms with Crippen molar-refractivity contribution in [3.63, 3.8) is 0 Å². The van der Waals surface area contributed by atoms with Crippen molar-refractivity contribution in [3.8, 4) is 5.75 Å². The zero-order valence-electron chi connectivity index (χ0n) is 9.17. The highest BCUT2D eigenvalue weighted by molar-refractivity contribution is 5.83. The quantitative estimate of drug-likeness (QED) is 0.626. The van der Waals surface area contributed by atoms with Gasteiger partial charge in [0, 0.05) is 17.6 Å². The number of hydrogen-bond acceptors (Lipinski definition) is 5. The van der Waals surface area contributed by atoms with Gasteiger partial charge < -0.3 is 20.6 Å². The van der Waals surface area contributed by atoms with Gasteiger partial charge in [0.05, 0.1) is 24.4 Å². The number of nitrogens with one attached hydrogen (secondary N) is 1. The highest BCUT2D eigenvalue weighted by Crippen LogP contribution is 2.20. The first-order valence-corrected chi connectivity index (χ1v) is 5.30. The molecule has 0 saturated heterocycles. The minimum absolute atomic E-state index is 0.133. The summed E-state index contributed by atoms with van der Waals surface area (Å²) >= 11 is 0. The van der Waals surface area contributed by atoms with Gasteiger partial charge in [0.15, 0.2) is 0 Å². The Hall–Kier alpha value is -1.85. The minimum atomic E-state index is -0.779. The van der Waals surface area contributed by atoms with Crippen molar-refractivity contribution < 1.29 is 15.3 Å². The average Bonchev–Trinajstić information content (AvgIpc) is 2.35. The third-order valence-electron chi connectivity index (χ3n) is 2.42. The predicted octanol–water partition coefficient (Wildman–Crippen LogP) is 0.706. The number of rotatable bonds is 4. The van der Waals surface area contributed by atoms with Crippen LogP contribution in [0.3, 0.4) is 0 Å². The molecule has 1 atom stereocenters. The molecule has 0 radical (unpaired) electrons. The summed E-state index contributed by atoms with van der Waals surface area (Å²) in [5.74, 6) is 0.133. The van der Waals surface area contributed by atoms with Crippen LogP contribution in [0.4, 0.5) is 5.69 Å². The van der Waals surface area contributed by atoms with Gasteiger partial charge in [-0.05, 0) is 18.2 Å². The maximum Gasteiger partial charge on any atom is 0.134 e. The topological polar surface area (TPSA) is 85.6 Å². The third-order valence-corrected chi connectivity index (χ3v) is 2.42. The molecule has 0 amide bonds. The number of benzene rings is 1. The van der Waals surface area contributed by atoms with Crippen LogP contribution < -0.4 is 5.32 Å². The number of hydrogen-bond donors (Lipinski definition) is 4. The molecule has 1 unspecified atom stereocenters. The Morgan fingerprint density at radius 2 is 2.12 bits per heavy atom. The van der Waals surface area contributed by atoms with E-state index in [1.54, 1.807) is 6.07 Å². The monoisotopic (exact) mass is 234 g/mol. The lowest BCUT2D eigenvalue weighted by Gasteiger charge is -2.10. The van der Waals surface area contributed by atoms with Crippen LogP contribution in [-0.2, 0) is 0 Å². The molecule has 17 heavy (non-hydrogen) atoms. The molecule has 1 aromatic carbocycles. The standard InChI is InChI=1S/C12H14N2O3/c15-7-11(17)6-13-9-2-1-8-3-10(16)5-14-12(8)4-9/h1-5,11,13,15-17H,6-7H2. The van der Waals surface area contributed by atoms with Crippen molar-refractivity contribution in [2.75, 3.05) is 18.5 Å². The summed E-state index contributed by atoms with van der Waals surface area (Å²) < 4.78 is 0. The van der Waals surface area contributed by atoms with E-state index in [4.69, 9.17) is 5.11 Å². The van der Waals surface area contributed by atoms with Crippen molar-refractivity contribution in [1.29, 1.82) is 0 Å². The maximum absolute atomic E-state index is 9.27. The largest absolute Gasteiger partial charge is 0.506 e. The molecule has 2 rings (SSSR count). The number of fused-ring (bicyclic) bond motifs is 1. The summed E-state index contributed by atoms with van der Waals surface area (Å²) in [4.78, 5) is 4.09. The van der Waals surface area contributed by atoms with Crippen molar-refractivity contribution >= 4 is 16.6 Å². The van der Waals surface area contributed by atoms with Crippen LogP contribution in [-0.4, -0.2) is 39.6 Å². The zero-order chi connectivity index (χ0) is 12.3. The van der Waals surface area contributed by atoms with E-state index in [0.29, 0.717) is 0 Å². The number of aromatic nitrogens is 1. The van der Waals surface area contributed by atoms with Crippen molar-refractivity contribution in [2.24, 2.45) is 0 Å². The number of anilines is 1. The fraction of sp³-hybridized carbons (Fsp3) is 0.250. The Bertz CT molecular complexity index is 516. The molecule has 4 N–H and O–H groups in total. The second-order valence-electron chi connectivity index (χ2n) is 3.82. The van der Waals surface area contributed by atoms with E-state index in [1.165, 1.54) is 6.20 Å². The molecule has 0 bridgehead atoms. The van der Waals surface area contributed by atoms with Crippen molar-refractivity contribution in [3.05, 3.63) is 30.5 Å². The Morgan fingerprint density at radius 3 is 2.88 bits per heavy atom. The lowest BCUT2D eigenvalue weighted by Crippen LogP contribution is -2.22. The molecule has 0 spiro atoms. The lowest BCUT2D eigenvalue weighted by molar-refractivity contribution is 0.105. The van der Waals surface area contributed by atoms with Gasteiger partial charge in [0.2, 0.25) is 0 Å². The molecule has 5 heteroatoms. The normalized spacial score (nSPS) is 12.6. The highest BCUT2D eigenvalue weighted by Gasteiger charge is 2.02. The molecular formula is C12H14N2O3. The number of aliphatic hydroxyl groups excluding tert-OH is 2. The Balaban J connectivity index is 2.17. The summed E-state index contributed by atoms with van der Waals surface area (Å²) in [5, 5.41) is 31.0. The van der Waals surface area contributed by atoms with E-state index in [9.17, 15) is 10.2 Å². The first-order chi connectivity index (χ1) is 8.19. The fourth-order valence-corrected chi connectivity index (χ4v) is 1.52. The summed E-state index contributed by atoms with van der Waals surface area (Å²) in [5.41, 5.74) is 1.56. The van der Waals surface area contributed by atoms with E-state index in [-0.39, 0.29) is 18.9 Å². The van der Waals surface area contributed by atoms with Gasteiger partial charge in [-0.3, -0.25) is 4.98 Å². The Morgan fingerprint density at radius 1 is 1.29 bits per heavy atom. The molecule has 0 aliphatic rings. The van der Waals surface area contributed by atoms with Crippen molar-refractivity contribution in [1.82, 2.24) is 4.98 Å². The Kier molecular flexibility index (Phi) is 3.41. The van der Waals surface area contributed by atoms with E-state index in [2.05, 4.69) is 10.3 Å². The SMILES string of the molecule is OCC(O)CNc1ccc2cc(O)cnc2c1. The summed E-state index contributed by atoms with van der Waals surface area (Å²) in [7, 11) is 0. The van der Waals surface area contributed by atoms with Crippen LogP contribution in [0.1, 0.15) is 0 Å².